The summed E-state index contributed by atoms with van der Waals surface area (Å²) >= 11 is 6.25. The summed E-state index contributed by atoms with van der Waals surface area (Å²) in [4.78, 5) is 4.29. The molecule has 0 saturated carbocycles. The first-order valence-electron chi connectivity index (χ1n) is 7.06. The van der Waals surface area contributed by atoms with Crippen LogP contribution in [0.4, 0.5) is 0 Å². The lowest BCUT2D eigenvalue weighted by molar-refractivity contribution is 0.267. The third-order valence-corrected chi connectivity index (χ3v) is 3.78. The van der Waals surface area contributed by atoms with Crippen LogP contribution in [0.15, 0.2) is 42.5 Å². The predicted molar refractivity (Wildman–Crippen MR) is 87.1 cm³/mol. The van der Waals surface area contributed by atoms with Crippen LogP contribution in [0.1, 0.15) is 11.4 Å². The van der Waals surface area contributed by atoms with E-state index in [1.165, 1.54) is 0 Å². The van der Waals surface area contributed by atoms with E-state index in [-0.39, 0.29) is 13.2 Å². The first kappa shape index (κ1) is 15.3. The van der Waals surface area contributed by atoms with Gasteiger partial charge in [-0.1, -0.05) is 41.9 Å². The van der Waals surface area contributed by atoms with Crippen molar-refractivity contribution in [2.75, 3.05) is 0 Å². The number of aromatic nitrogens is 2. The van der Waals surface area contributed by atoms with E-state index in [0.29, 0.717) is 34.2 Å². The lowest BCUT2D eigenvalue weighted by Crippen LogP contribution is -2.02. The van der Waals surface area contributed by atoms with Crippen molar-refractivity contribution in [3.63, 3.8) is 0 Å². The molecule has 1 N–H and O–H groups in total. The van der Waals surface area contributed by atoms with Crippen molar-refractivity contribution < 1.29 is 9.84 Å². The minimum absolute atomic E-state index is 0.103. The highest BCUT2D eigenvalue weighted by molar-refractivity contribution is 6.32. The molecule has 116 valence electrons. The minimum atomic E-state index is -0.242. The standard InChI is InChI=1S/C17H14ClN3O2/c18-13-8-14-15(21(7-6-19)17(10-22)20-14)9-16(13)23-11-12-4-2-1-3-5-12/h1-5,8-9,22H,7,10-11H2. The molecule has 1 aromatic heterocycles. The number of imidazole rings is 1. The Morgan fingerprint density at radius 1 is 1.26 bits per heavy atom. The van der Waals surface area contributed by atoms with Crippen LogP contribution < -0.4 is 4.74 Å². The Bertz CT molecular complexity index is 869. The third-order valence-electron chi connectivity index (χ3n) is 3.49. The van der Waals surface area contributed by atoms with Gasteiger partial charge in [-0.3, -0.25) is 0 Å². The largest absolute Gasteiger partial charge is 0.487 e. The second kappa shape index (κ2) is 6.69. The summed E-state index contributed by atoms with van der Waals surface area (Å²) in [6.07, 6.45) is 0. The number of hydrogen-bond acceptors (Lipinski definition) is 4. The number of aliphatic hydroxyl groups is 1. The molecule has 3 aromatic rings. The zero-order valence-electron chi connectivity index (χ0n) is 12.2. The van der Waals surface area contributed by atoms with Crippen LogP contribution in [0.5, 0.6) is 5.75 Å². The number of aliphatic hydroxyl groups excluding tert-OH is 1. The maximum absolute atomic E-state index is 9.38. The van der Waals surface area contributed by atoms with Crippen LogP contribution in [0.25, 0.3) is 11.0 Å². The minimum Gasteiger partial charge on any atom is -0.487 e. The monoisotopic (exact) mass is 327 g/mol. The van der Waals surface area contributed by atoms with Crippen LogP contribution in [0.3, 0.4) is 0 Å². The molecule has 5 nitrogen and oxygen atoms in total. The molecule has 0 fully saturated rings. The van der Waals surface area contributed by atoms with E-state index in [9.17, 15) is 5.11 Å². The molecule has 0 atom stereocenters. The van der Waals surface area contributed by atoms with Crippen molar-refractivity contribution in [3.05, 3.63) is 58.9 Å². The van der Waals surface area contributed by atoms with Gasteiger partial charge in [-0.25, -0.2) is 4.98 Å². The lowest BCUT2D eigenvalue weighted by Gasteiger charge is -2.09. The van der Waals surface area contributed by atoms with Gasteiger partial charge in [0.15, 0.2) is 0 Å². The van der Waals surface area contributed by atoms with Gasteiger partial charge in [-0.2, -0.15) is 5.26 Å². The summed E-state index contributed by atoms with van der Waals surface area (Å²) in [7, 11) is 0. The molecule has 3 rings (SSSR count). The molecular formula is C17H14ClN3O2. The molecule has 1 heterocycles. The van der Waals surface area contributed by atoms with Crippen molar-refractivity contribution in [3.8, 4) is 11.8 Å². The number of ether oxygens (including phenoxy) is 1. The van der Waals surface area contributed by atoms with E-state index in [0.717, 1.165) is 5.56 Å². The van der Waals surface area contributed by atoms with Gasteiger partial charge < -0.3 is 14.4 Å². The number of nitriles is 1. The van der Waals surface area contributed by atoms with Crippen LogP contribution in [-0.4, -0.2) is 14.7 Å². The average Bonchev–Trinajstić information content (AvgIpc) is 2.91. The number of fused-ring (bicyclic) bond motifs is 1. The molecule has 6 heteroatoms. The number of nitrogens with zero attached hydrogens (tertiary/aromatic N) is 3. The SMILES string of the molecule is N#CCn1c(CO)nc2cc(Cl)c(OCc3ccccc3)cc21. The molecule has 0 amide bonds. The van der Waals surface area contributed by atoms with Crippen LogP contribution in [-0.2, 0) is 19.8 Å². The first-order valence-corrected chi connectivity index (χ1v) is 7.44. The van der Waals surface area contributed by atoms with Crippen LogP contribution in [0.2, 0.25) is 5.02 Å². The summed E-state index contributed by atoms with van der Waals surface area (Å²) in [6, 6.07) is 15.3. The van der Waals surface area contributed by atoms with Gasteiger partial charge in [0.2, 0.25) is 0 Å². The normalized spacial score (nSPS) is 10.7. The Balaban J connectivity index is 1.96. The molecule has 0 aliphatic rings. The van der Waals surface area contributed by atoms with E-state index in [1.54, 1.807) is 16.7 Å². The van der Waals surface area contributed by atoms with Gasteiger partial charge in [0, 0.05) is 6.07 Å². The van der Waals surface area contributed by atoms with E-state index < -0.39 is 0 Å². The molecule has 0 unspecified atom stereocenters. The highest BCUT2D eigenvalue weighted by Gasteiger charge is 2.13. The summed E-state index contributed by atoms with van der Waals surface area (Å²) in [6.45, 7) is 0.256. The summed E-state index contributed by atoms with van der Waals surface area (Å²) in [5, 5.41) is 18.8. The zero-order valence-corrected chi connectivity index (χ0v) is 13.0. The van der Waals surface area contributed by atoms with Crippen molar-refractivity contribution >= 4 is 22.6 Å². The first-order chi connectivity index (χ1) is 11.2. The predicted octanol–water partition coefficient (Wildman–Crippen LogP) is 3.28. The fraction of sp³-hybridized carbons (Fsp3) is 0.176. The third kappa shape index (κ3) is 3.14. The maximum Gasteiger partial charge on any atom is 0.140 e. The Morgan fingerprint density at radius 3 is 2.74 bits per heavy atom. The number of halogens is 1. The fourth-order valence-corrected chi connectivity index (χ4v) is 2.60. The molecule has 0 aliphatic heterocycles. The van der Waals surface area contributed by atoms with Crippen LogP contribution in [0, 0.1) is 11.3 Å². The molecule has 23 heavy (non-hydrogen) atoms. The van der Waals surface area contributed by atoms with Crippen LogP contribution >= 0.6 is 11.6 Å². The Labute approximate surface area is 138 Å². The molecule has 2 aromatic carbocycles. The van der Waals surface area contributed by atoms with Gasteiger partial charge >= 0.3 is 0 Å². The van der Waals surface area contributed by atoms with E-state index in [2.05, 4.69) is 11.1 Å². The molecule has 0 aliphatic carbocycles. The van der Waals surface area contributed by atoms with Crippen molar-refractivity contribution in [1.29, 1.82) is 5.26 Å². The van der Waals surface area contributed by atoms with Crippen molar-refractivity contribution in [1.82, 2.24) is 9.55 Å². The second-order valence-corrected chi connectivity index (χ2v) is 5.38. The summed E-state index contributed by atoms with van der Waals surface area (Å²) in [5.74, 6) is 0.949. The molecule has 0 saturated heterocycles. The van der Waals surface area contributed by atoms with E-state index >= 15 is 0 Å². The molecule has 0 bridgehead atoms. The van der Waals surface area contributed by atoms with Gasteiger partial charge in [0.25, 0.3) is 0 Å². The quantitative estimate of drug-likeness (QED) is 0.780. The van der Waals surface area contributed by atoms with Gasteiger partial charge in [-0.05, 0) is 11.6 Å². The van der Waals surface area contributed by atoms with Gasteiger partial charge in [-0.15, -0.1) is 0 Å². The topological polar surface area (TPSA) is 71.1 Å². The molecule has 0 radical (unpaired) electrons. The fourth-order valence-electron chi connectivity index (χ4n) is 2.39. The summed E-state index contributed by atoms with van der Waals surface area (Å²) < 4.78 is 7.44. The van der Waals surface area contributed by atoms with Gasteiger partial charge in [0.1, 0.15) is 31.3 Å². The highest BCUT2D eigenvalue weighted by Crippen LogP contribution is 2.31. The number of benzene rings is 2. The Hall–Kier alpha value is -2.55. The lowest BCUT2D eigenvalue weighted by atomic mass is 10.2. The van der Waals surface area contributed by atoms with Gasteiger partial charge in [0.05, 0.1) is 22.1 Å². The number of rotatable bonds is 5. The molecule has 0 spiro atoms. The van der Waals surface area contributed by atoms with E-state index in [1.807, 2.05) is 30.3 Å². The highest BCUT2D eigenvalue weighted by atomic mass is 35.5. The van der Waals surface area contributed by atoms with Crippen molar-refractivity contribution in [2.45, 2.75) is 19.8 Å². The Kier molecular flexibility index (Phi) is 4.47. The number of hydrogen-bond donors (Lipinski definition) is 1. The zero-order chi connectivity index (χ0) is 16.2. The average molecular weight is 328 g/mol. The Morgan fingerprint density at radius 2 is 2.04 bits per heavy atom. The second-order valence-electron chi connectivity index (χ2n) is 4.98. The smallest absolute Gasteiger partial charge is 0.140 e. The molecular weight excluding hydrogens is 314 g/mol. The van der Waals surface area contributed by atoms with Crippen molar-refractivity contribution in [2.24, 2.45) is 0 Å². The summed E-state index contributed by atoms with van der Waals surface area (Å²) in [5.41, 5.74) is 2.37. The maximum atomic E-state index is 9.38. The van der Waals surface area contributed by atoms with E-state index in [4.69, 9.17) is 21.6 Å².